The highest BCUT2D eigenvalue weighted by molar-refractivity contribution is 9.10. The van der Waals surface area contributed by atoms with E-state index in [1.807, 2.05) is 0 Å². The van der Waals surface area contributed by atoms with Crippen molar-refractivity contribution in [2.24, 2.45) is 0 Å². The highest BCUT2D eigenvalue weighted by atomic mass is 79.9. The molecule has 6 heteroatoms. The minimum atomic E-state index is -0.536. The van der Waals surface area contributed by atoms with Crippen LogP contribution in [-0.2, 0) is 0 Å². The van der Waals surface area contributed by atoms with E-state index in [4.69, 9.17) is 0 Å². The standard InChI is InChI=1S/C13H13BrN2O3/c1-3-7-15(8-4-2)13(17)10-5-6-11(14)12(9-10)16(18)19/h3-6,9H,1-2,7-8H2. The Morgan fingerprint density at radius 1 is 1.37 bits per heavy atom. The number of rotatable bonds is 6. The van der Waals surface area contributed by atoms with Gasteiger partial charge in [0.05, 0.1) is 9.40 Å². The number of hydrogen-bond acceptors (Lipinski definition) is 3. The molecule has 1 amide bonds. The van der Waals surface area contributed by atoms with Gasteiger partial charge in [0.15, 0.2) is 0 Å². The van der Waals surface area contributed by atoms with Crippen LogP contribution in [-0.4, -0.2) is 28.8 Å². The van der Waals surface area contributed by atoms with Crippen LogP contribution in [0.1, 0.15) is 10.4 Å². The van der Waals surface area contributed by atoms with Crippen molar-refractivity contribution in [3.8, 4) is 0 Å². The second-order valence-corrected chi connectivity index (χ2v) is 4.57. The molecule has 0 saturated carbocycles. The third-order valence-corrected chi connectivity index (χ3v) is 3.05. The van der Waals surface area contributed by atoms with E-state index in [-0.39, 0.29) is 17.2 Å². The van der Waals surface area contributed by atoms with Crippen molar-refractivity contribution in [2.75, 3.05) is 13.1 Å². The third kappa shape index (κ3) is 3.75. The molecule has 1 aromatic carbocycles. The van der Waals surface area contributed by atoms with Crippen LogP contribution in [0.2, 0.25) is 0 Å². The number of nitro groups is 1. The zero-order valence-electron chi connectivity index (χ0n) is 10.2. The number of nitrogens with zero attached hydrogens (tertiary/aromatic N) is 2. The number of carbonyl (C=O) groups is 1. The van der Waals surface area contributed by atoms with E-state index in [1.54, 1.807) is 18.2 Å². The van der Waals surface area contributed by atoms with Crippen LogP contribution >= 0.6 is 15.9 Å². The molecule has 0 atom stereocenters. The Labute approximate surface area is 119 Å². The Morgan fingerprint density at radius 3 is 2.42 bits per heavy atom. The quantitative estimate of drug-likeness (QED) is 0.458. The summed E-state index contributed by atoms with van der Waals surface area (Å²) >= 11 is 3.08. The zero-order valence-corrected chi connectivity index (χ0v) is 11.8. The lowest BCUT2D eigenvalue weighted by Crippen LogP contribution is -2.31. The van der Waals surface area contributed by atoms with Gasteiger partial charge in [0.25, 0.3) is 11.6 Å². The van der Waals surface area contributed by atoms with E-state index in [9.17, 15) is 14.9 Å². The van der Waals surface area contributed by atoms with Crippen LogP contribution in [0.4, 0.5) is 5.69 Å². The topological polar surface area (TPSA) is 63.5 Å². The molecule has 0 fully saturated rings. The Bertz CT molecular complexity index is 519. The summed E-state index contributed by atoms with van der Waals surface area (Å²) in [5.74, 6) is -0.296. The second kappa shape index (κ2) is 6.84. The normalized spacial score (nSPS) is 9.74. The van der Waals surface area contributed by atoms with Crippen molar-refractivity contribution in [2.45, 2.75) is 0 Å². The van der Waals surface area contributed by atoms with Crippen LogP contribution in [0.5, 0.6) is 0 Å². The van der Waals surface area contributed by atoms with Crippen LogP contribution in [0.15, 0.2) is 48.0 Å². The van der Waals surface area contributed by atoms with Gasteiger partial charge in [-0.1, -0.05) is 12.2 Å². The SMILES string of the molecule is C=CCN(CC=C)C(=O)c1ccc(Br)c([N+](=O)[O-])c1. The molecule has 19 heavy (non-hydrogen) atoms. The largest absolute Gasteiger partial charge is 0.331 e. The van der Waals surface area contributed by atoms with Crippen molar-refractivity contribution < 1.29 is 9.72 Å². The summed E-state index contributed by atoms with van der Waals surface area (Å²) in [6.45, 7) is 7.86. The Balaban J connectivity index is 3.10. The molecule has 1 rings (SSSR count). The fraction of sp³-hybridized carbons (Fsp3) is 0.154. The molecule has 0 unspecified atom stereocenters. The van der Waals surface area contributed by atoms with E-state index in [2.05, 4.69) is 29.1 Å². The van der Waals surface area contributed by atoms with Gasteiger partial charge in [0, 0.05) is 24.7 Å². The zero-order chi connectivity index (χ0) is 14.4. The Morgan fingerprint density at radius 2 is 1.95 bits per heavy atom. The molecule has 0 spiro atoms. The van der Waals surface area contributed by atoms with Gasteiger partial charge in [-0.3, -0.25) is 14.9 Å². The first-order valence-corrected chi connectivity index (χ1v) is 6.25. The first-order chi connectivity index (χ1) is 9.01. The number of carbonyl (C=O) groups excluding carboxylic acids is 1. The van der Waals surface area contributed by atoms with Gasteiger partial charge in [0.1, 0.15) is 0 Å². The summed E-state index contributed by atoms with van der Waals surface area (Å²) in [5.41, 5.74) is 0.126. The third-order valence-electron chi connectivity index (χ3n) is 2.38. The van der Waals surface area contributed by atoms with Crippen LogP contribution in [0.3, 0.4) is 0 Å². The van der Waals surface area contributed by atoms with Gasteiger partial charge >= 0.3 is 0 Å². The van der Waals surface area contributed by atoms with Crippen molar-refractivity contribution in [1.29, 1.82) is 0 Å². The van der Waals surface area contributed by atoms with Gasteiger partial charge < -0.3 is 4.90 Å². The number of benzene rings is 1. The lowest BCUT2D eigenvalue weighted by molar-refractivity contribution is -0.385. The second-order valence-electron chi connectivity index (χ2n) is 3.71. The van der Waals surface area contributed by atoms with Crippen LogP contribution in [0.25, 0.3) is 0 Å². The van der Waals surface area contributed by atoms with E-state index < -0.39 is 4.92 Å². The minimum absolute atomic E-state index is 0.136. The van der Waals surface area contributed by atoms with Gasteiger partial charge in [-0.15, -0.1) is 13.2 Å². The minimum Gasteiger partial charge on any atom is -0.331 e. The summed E-state index contributed by atoms with van der Waals surface area (Å²) in [4.78, 5) is 24.0. The first kappa shape index (κ1) is 15.1. The molecule has 0 aliphatic carbocycles. The Kier molecular flexibility index (Phi) is 5.44. The monoisotopic (exact) mass is 324 g/mol. The van der Waals surface area contributed by atoms with Crippen molar-refractivity contribution in [3.63, 3.8) is 0 Å². The molecule has 0 saturated heterocycles. The van der Waals surface area contributed by atoms with E-state index in [0.717, 1.165) is 0 Å². The molecular formula is C13H13BrN2O3. The predicted octanol–water partition coefficient (Wildman–Crippen LogP) is 3.17. The maximum Gasteiger partial charge on any atom is 0.284 e. The van der Waals surface area contributed by atoms with Crippen LogP contribution in [0, 0.1) is 10.1 Å². The summed E-state index contributed by atoms with van der Waals surface area (Å²) in [6, 6.07) is 4.29. The molecule has 0 bridgehead atoms. The fourth-order valence-electron chi connectivity index (χ4n) is 1.52. The summed E-state index contributed by atoms with van der Waals surface area (Å²) in [7, 11) is 0. The fourth-order valence-corrected chi connectivity index (χ4v) is 1.91. The number of hydrogen-bond donors (Lipinski definition) is 0. The molecule has 0 aliphatic rings. The van der Waals surface area contributed by atoms with Crippen LogP contribution < -0.4 is 0 Å². The highest BCUT2D eigenvalue weighted by Crippen LogP contribution is 2.26. The molecule has 100 valence electrons. The number of amides is 1. The average molecular weight is 325 g/mol. The molecule has 1 aromatic rings. The van der Waals surface area contributed by atoms with Gasteiger partial charge in [-0.2, -0.15) is 0 Å². The lowest BCUT2D eigenvalue weighted by atomic mass is 10.1. The molecule has 0 radical (unpaired) electrons. The van der Waals surface area contributed by atoms with Crippen molar-refractivity contribution >= 4 is 27.5 Å². The van der Waals surface area contributed by atoms with Gasteiger partial charge in [-0.05, 0) is 28.1 Å². The summed E-state index contributed by atoms with van der Waals surface area (Å²) < 4.78 is 0.341. The van der Waals surface area contributed by atoms with Crippen molar-refractivity contribution in [1.82, 2.24) is 4.90 Å². The van der Waals surface area contributed by atoms with E-state index in [0.29, 0.717) is 17.6 Å². The van der Waals surface area contributed by atoms with E-state index >= 15 is 0 Å². The molecular weight excluding hydrogens is 312 g/mol. The molecule has 0 N–H and O–H groups in total. The summed E-state index contributed by atoms with van der Waals surface area (Å²) in [5, 5.41) is 10.8. The maximum atomic E-state index is 12.2. The summed E-state index contributed by atoms with van der Waals surface area (Å²) in [6.07, 6.45) is 3.18. The molecule has 5 nitrogen and oxygen atoms in total. The first-order valence-electron chi connectivity index (χ1n) is 5.46. The van der Waals surface area contributed by atoms with E-state index in [1.165, 1.54) is 17.0 Å². The number of nitro benzene ring substituents is 1. The van der Waals surface area contributed by atoms with Gasteiger partial charge in [-0.25, -0.2) is 0 Å². The molecule has 0 heterocycles. The average Bonchev–Trinajstić information content (AvgIpc) is 2.38. The predicted molar refractivity (Wildman–Crippen MR) is 77.1 cm³/mol. The Hall–Kier alpha value is -1.95. The molecule has 0 aromatic heterocycles. The highest BCUT2D eigenvalue weighted by Gasteiger charge is 2.19. The maximum absolute atomic E-state index is 12.2. The van der Waals surface area contributed by atoms with Crippen molar-refractivity contribution in [3.05, 3.63) is 63.7 Å². The number of halogens is 1. The lowest BCUT2D eigenvalue weighted by Gasteiger charge is -2.19. The smallest absolute Gasteiger partial charge is 0.284 e. The van der Waals surface area contributed by atoms with Gasteiger partial charge in [0.2, 0.25) is 0 Å². The molecule has 0 aliphatic heterocycles.